The van der Waals surface area contributed by atoms with E-state index in [0.29, 0.717) is 38.1 Å². The second-order valence-electron chi connectivity index (χ2n) is 7.66. The van der Waals surface area contributed by atoms with Crippen molar-refractivity contribution in [2.75, 3.05) is 20.2 Å². The highest BCUT2D eigenvalue weighted by molar-refractivity contribution is 5.81. The zero-order valence-corrected chi connectivity index (χ0v) is 16.3. The Morgan fingerprint density at radius 1 is 1.31 bits per heavy atom. The number of aryl methyl sites for hydroxylation is 3. The van der Waals surface area contributed by atoms with Crippen molar-refractivity contribution in [2.24, 2.45) is 0 Å². The summed E-state index contributed by atoms with van der Waals surface area (Å²) >= 11 is 0. The topological polar surface area (TPSA) is 69.4 Å². The third-order valence-corrected chi connectivity index (χ3v) is 5.67. The first-order valence-electron chi connectivity index (χ1n) is 9.86. The van der Waals surface area contributed by atoms with Crippen molar-refractivity contribution in [3.05, 3.63) is 46.1 Å². The number of nitrogens with zero attached hydrogens (tertiary/aromatic N) is 4. The molecule has 1 amide bonds. The fraction of sp³-hybridized carbons (Fsp3) is 0.550. The van der Waals surface area contributed by atoms with E-state index >= 15 is 0 Å². The van der Waals surface area contributed by atoms with Gasteiger partial charge in [-0.25, -0.2) is 18.3 Å². The molecule has 0 radical (unpaired) electrons. The highest BCUT2D eigenvalue weighted by Gasteiger charge is 2.43. The zero-order chi connectivity index (χ0) is 20.6. The summed E-state index contributed by atoms with van der Waals surface area (Å²) in [5, 5.41) is 4.41. The number of hydrogen-bond donors (Lipinski definition) is 0. The van der Waals surface area contributed by atoms with Crippen molar-refractivity contribution in [1.29, 1.82) is 0 Å². The molecule has 1 saturated heterocycles. The first-order chi connectivity index (χ1) is 13.9. The van der Waals surface area contributed by atoms with Gasteiger partial charge in [0.05, 0.1) is 20.2 Å². The van der Waals surface area contributed by atoms with Gasteiger partial charge >= 0.3 is 5.69 Å². The minimum absolute atomic E-state index is 0.0258. The number of aromatic nitrogens is 3. The minimum atomic E-state index is -2.85. The van der Waals surface area contributed by atoms with Gasteiger partial charge in [0.1, 0.15) is 17.6 Å². The van der Waals surface area contributed by atoms with Crippen LogP contribution < -0.4 is 10.4 Å². The lowest BCUT2D eigenvalue weighted by atomic mass is 10.0. The molecule has 3 heterocycles. The molecule has 0 aliphatic carbocycles. The van der Waals surface area contributed by atoms with E-state index < -0.39 is 24.4 Å². The molecular formula is C20H24F2N4O3. The van der Waals surface area contributed by atoms with E-state index in [1.807, 2.05) is 24.3 Å². The quantitative estimate of drug-likeness (QED) is 0.762. The molecule has 1 aromatic carbocycles. The Kier molecular flexibility index (Phi) is 5.14. The van der Waals surface area contributed by atoms with Crippen LogP contribution in [0.4, 0.5) is 8.78 Å². The van der Waals surface area contributed by atoms with Gasteiger partial charge in [-0.15, -0.1) is 0 Å². The van der Waals surface area contributed by atoms with Gasteiger partial charge in [-0.3, -0.25) is 9.36 Å². The maximum Gasteiger partial charge on any atom is 0.346 e. The zero-order valence-electron chi connectivity index (χ0n) is 16.3. The fourth-order valence-corrected chi connectivity index (χ4v) is 4.07. The van der Waals surface area contributed by atoms with E-state index in [4.69, 9.17) is 4.74 Å². The first-order valence-corrected chi connectivity index (χ1v) is 9.86. The molecule has 1 fully saturated rings. The molecule has 1 unspecified atom stereocenters. The molecule has 0 bridgehead atoms. The maximum absolute atomic E-state index is 13.5. The number of methoxy groups -OCH3 is 1. The molecule has 7 nitrogen and oxygen atoms in total. The summed E-state index contributed by atoms with van der Waals surface area (Å²) < 4.78 is 35.0. The van der Waals surface area contributed by atoms with Crippen LogP contribution in [0.5, 0.6) is 5.75 Å². The van der Waals surface area contributed by atoms with Gasteiger partial charge in [0, 0.05) is 19.4 Å². The van der Waals surface area contributed by atoms with Crippen molar-refractivity contribution >= 4 is 5.91 Å². The molecule has 1 atom stereocenters. The molecular weight excluding hydrogens is 382 g/mol. The molecule has 2 aliphatic rings. The number of rotatable bonds is 5. The highest BCUT2D eigenvalue weighted by atomic mass is 19.3. The summed E-state index contributed by atoms with van der Waals surface area (Å²) in [5.74, 6) is -1.93. The summed E-state index contributed by atoms with van der Waals surface area (Å²) in [4.78, 5) is 26.9. The number of fused-ring (bicyclic) bond motifs is 1. The van der Waals surface area contributed by atoms with Crippen LogP contribution in [-0.2, 0) is 24.2 Å². The van der Waals surface area contributed by atoms with Crippen molar-refractivity contribution in [1.82, 2.24) is 19.2 Å². The minimum Gasteiger partial charge on any atom is -0.497 e. The number of amides is 1. The van der Waals surface area contributed by atoms with Crippen LogP contribution in [0.2, 0.25) is 0 Å². The third-order valence-electron chi connectivity index (χ3n) is 5.67. The number of carbonyl (C=O) groups excluding carboxylic acids is 1. The summed E-state index contributed by atoms with van der Waals surface area (Å²) in [6.07, 6.45) is 2.06. The Hall–Kier alpha value is -2.71. The summed E-state index contributed by atoms with van der Waals surface area (Å²) in [7, 11) is 1.60. The monoisotopic (exact) mass is 406 g/mol. The lowest BCUT2D eigenvalue weighted by Crippen LogP contribution is -2.42. The van der Waals surface area contributed by atoms with E-state index in [2.05, 4.69) is 5.10 Å². The maximum atomic E-state index is 13.5. The lowest BCUT2D eigenvalue weighted by molar-refractivity contribution is -0.135. The Morgan fingerprint density at radius 2 is 2.07 bits per heavy atom. The molecule has 156 valence electrons. The number of benzene rings is 1. The van der Waals surface area contributed by atoms with Crippen LogP contribution in [0.1, 0.15) is 36.7 Å². The third kappa shape index (κ3) is 3.90. The van der Waals surface area contributed by atoms with Gasteiger partial charge in [0.15, 0.2) is 0 Å². The molecule has 29 heavy (non-hydrogen) atoms. The van der Waals surface area contributed by atoms with Crippen molar-refractivity contribution < 1.29 is 18.3 Å². The van der Waals surface area contributed by atoms with Gasteiger partial charge in [-0.2, -0.15) is 5.10 Å². The molecule has 9 heteroatoms. The van der Waals surface area contributed by atoms with Gasteiger partial charge in [0.2, 0.25) is 5.91 Å². The Balaban J connectivity index is 1.51. The highest BCUT2D eigenvalue weighted by Crippen LogP contribution is 2.31. The van der Waals surface area contributed by atoms with Gasteiger partial charge in [0.25, 0.3) is 5.92 Å². The van der Waals surface area contributed by atoms with E-state index in [9.17, 15) is 18.4 Å². The summed E-state index contributed by atoms with van der Waals surface area (Å²) in [6, 6.07) is 6.84. The number of hydrogen-bond acceptors (Lipinski definition) is 4. The molecule has 2 aromatic rings. The fourth-order valence-electron chi connectivity index (χ4n) is 4.07. The van der Waals surface area contributed by atoms with Crippen LogP contribution in [-0.4, -0.2) is 51.3 Å². The van der Waals surface area contributed by atoms with E-state index in [1.165, 1.54) is 14.1 Å². The number of alkyl halides is 2. The first kappa shape index (κ1) is 19.6. The molecule has 0 N–H and O–H groups in total. The Bertz CT molecular complexity index is 952. The SMILES string of the molecule is COc1ccc(CCn2nc3n(c2=O)C(C(=O)N2CCC(F)(F)C2)CCC3)cc1. The smallest absolute Gasteiger partial charge is 0.346 e. The Morgan fingerprint density at radius 3 is 2.72 bits per heavy atom. The van der Waals surface area contributed by atoms with E-state index in [1.54, 1.807) is 7.11 Å². The van der Waals surface area contributed by atoms with Crippen LogP contribution in [0.3, 0.4) is 0 Å². The second kappa shape index (κ2) is 7.61. The predicted molar refractivity (Wildman–Crippen MR) is 101 cm³/mol. The average Bonchev–Trinajstić information content (AvgIpc) is 3.25. The van der Waals surface area contributed by atoms with Gasteiger partial charge < -0.3 is 9.64 Å². The van der Waals surface area contributed by atoms with E-state index in [0.717, 1.165) is 11.3 Å². The molecule has 2 aliphatic heterocycles. The Labute approximate surface area is 166 Å². The van der Waals surface area contributed by atoms with Crippen LogP contribution >= 0.6 is 0 Å². The van der Waals surface area contributed by atoms with Crippen molar-refractivity contribution in [3.63, 3.8) is 0 Å². The van der Waals surface area contributed by atoms with Crippen LogP contribution in [0.15, 0.2) is 29.1 Å². The second-order valence-corrected chi connectivity index (χ2v) is 7.66. The predicted octanol–water partition coefficient (Wildman–Crippen LogP) is 2.04. The normalized spacial score (nSPS) is 20.5. The summed E-state index contributed by atoms with van der Waals surface area (Å²) in [6.45, 7) is -0.163. The average molecular weight is 406 g/mol. The number of ether oxygens (including phenoxy) is 1. The number of likely N-dealkylation sites (tertiary alicyclic amines) is 1. The van der Waals surface area contributed by atoms with Crippen molar-refractivity contribution in [2.45, 2.75) is 50.6 Å². The van der Waals surface area contributed by atoms with Gasteiger partial charge in [-0.1, -0.05) is 12.1 Å². The lowest BCUT2D eigenvalue weighted by Gasteiger charge is -2.27. The van der Waals surface area contributed by atoms with E-state index in [-0.39, 0.29) is 18.7 Å². The number of carbonyl (C=O) groups is 1. The molecule has 0 spiro atoms. The standard InChI is InChI=1S/C20H24F2N4O3/c1-29-15-7-5-14(6-8-15)9-11-25-19(28)26-16(3-2-4-17(26)23-25)18(27)24-12-10-20(21,22)13-24/h5-8,16H,2-4,9-13H2,1H3. The van der Waals surface area contributed by atoms with Crippen LogP contribution in [0.25, 0.3) is 0 Å². The number of halogens is 2. The largest absolute Gasteiger partial charge is 0.497 e. The summed E-state index contributed by atoms with van der Waals surface area (Å²) in [5.41, 5.74) is 0.688. The molecule has 0 saturated carbocycles. The van der Waals surface area contributed by atoms with Gasteiger partial charge in [-0.05, 0) is 37.0 Å². The molecule has 1 aromatic heterocycles. The van der Waals surface area contributed by atoms with Crippen molar-refractivity contribution in [3.8, 4) is 5.75 Å². The molecule has 4 rings (SSSR count). The van der Waals surface area contributed by atoms with Crippen LogP contribution in [0, 0.1) is 0 Å².